The second-order valence-electron chi connectivity index (χ2n) is 4.35. The molecule has 1 N–H and O–H groups in total. The summed E-state index contributed by atoms with van der Waals surface area (Å²) in [6.45, 7) is 3.85. The molecule has 7 heteroatoms. The molecule has 2 rings (SSSR count). The summed E-state index contributed by atoms with van der Waals surface area (Å²) in [5.41, 5.74) is -0.291. The van der Waals surface area contributed by atoms with E-state index in [-0.39, 0.29) is 11.8 Å². The minimum Gasteiger partial charge on any atom is -0.361 e. The molecular weight excluding hydrogens is 246 g/mol. The smallest absolute Gasteiger partial charge is 0.361 e. The van der Waals surface area contributed by atoms with E-state index in [1.54, 1.807) is 12.1 Å². The first-order chi connectivity index (χ1) is 9.35. The summed E-state index contributed by atoms with van der Waals surface area (Å²) in [6, 6.07) is 3.35. The largest absolute Gasteiger partial charge is 0.394 e. The predicted octanol–water partition coefficient (Wildman–Crippen LogP) is -0.401. The van der Waals surface area contributed by atoms with E-state index >= 15 is 0 Å². The van der Waals surface area contributed by atoms with E-state index in [4.69, 9.17) is 20.1 Å². The zero-order chi connectivity index (χ0) is 13.5. The van der Waals surface area contributed by atoms with Crippen LogP contribution in [-0.4, -0.2) is 55.1 Å². The van der Waals surface area contributed by atoms with E-state index in [2.05, 4.69) is 15.0 Å². The number of morpholine rings is 1. The highest BCUT2D eigenvalue weighted by atomic mass is 16.7. The van der Waals surface area contributed by atoms with Crippen molar-refractivity contribution in [3.8, 4) is 12.1 Å². The molecule has 2 saturated heterocycles. The maximum atomic E-state index is 8.66. The van der Waals surface area contributed by atoms with Gasteiger partial charge in [-0.15, -0.1) is 0 Å². The van der Waals surface area contributed by atoms with Crippen LogP contribution in [0.15, 0.2) is 5.16 Å². The summed E-state index contributed by atoms with van der Waals surface area (Å²) in [4.78, 5) is 5.33. The van der Waals surface area contributed by atoms with Crippen molar-refractivity contribution in [1.82, 2.24) is 5.32 Å². The molecular formula is C12H16N5O2+. The van der Waals surface area contributed by atoms with E-state index in [9.17, 15) is 0 Å². The average Bonchev–Trinajstić information content (AvgIpc) is 2.99. The number of oxime groups is 1. The second-order valence-corrected chi connectivity index (χ2v) is 4.35. The highest BCUT2D eigenvalue weighted by molar-refractivity contribution is 6.10. The molecule has 0 saturated carbocycles. The van der Waals surface area contributed by atoms with E-state index in [1.807, 2.05) is 0 Å². The van der Waals surface area contributed by atoms with Gasteiger partial charge in [0, 0.05) is 25.9 Å². The van der Waals surface area contributed by atoms with Gasteiger partial charge < -0.3 is 10.1 Å². The summed E-state index contributed by atoms with van der Waals surface area (Å²) < 4.78 is 7.71. The first kappa shape index (κ1) is 13.5. The van der Waals surface area contributed by atoms with Gasteiger partial charge in [0.15, 0.2) is 6.10 Å². The van der Waals surface area contributed by atoms with Gasteiger partial charge in [-0.05, 0) is 0 Å². The highest BCUT2D eigenvalue weighted by Gasteiger charge is 2.32. The van der Waals surface area contributed by atoms with Gasteiger partial charge in [0.1, 0.15) is 25.2 Å². The van der Waals surface area contributed by atoms with Crippen molar-refractivity contribution in [1.29, 1.82) is 10.5 Å². The molecule has 1 atom stereocenters. The third-order valence-electron chi connectivity index (χ3n) is 3.06. The van der Waals surface area contributed by atoms with Crippen molar-refractivity contribution < 1.29 is 14.1 Å². The molecule has 0 aromatic heterocycles. The number of nitrogens with one attached hydrogen (secondary N) is 1. The number of nitrogens with zero attached hydrogens (tertiary/aromatic N) is 4. The molecule has 100 valence electrons. The standard InChI is InChI=1S/C12H16N5O2/c13-7-10(8-14)16-19-12(17-4-1-2-5-17)11-9-15-3-6-18-11/h11,15H,1-6,9H2/q+1. The van der Waals surface area contributed by atoms with Crippen LogP contribution in [0.5, 0.6) is 0 Å². The molecule has 1 unspecified atom stereocenters. The first-order valence-electron chi connectivity index (χ1n) is 6.34. The summed E-state index contributed by atoms with van der Waals surface area (Å²) in [7, 11) is 0. The summed E-state index contributed by atoms with van der Waals surface area (Å²) >= 11 is 0. The molecule has 0 amide bonds. The van der Waals surface area contributed by atoms with Crippen molar-refractivity contribution in [3.63, 3.8) is 0 Å². The Labute approximate surface area is 111 Å². The SMILES string of the molecule is N#CC(C#N)=NOC(C1CNCCO1)=[N+]1CCCC1. The molecule has 2 fully saturated rings. The summed E-state index contributed by atoms with van der Waals surface area (Å²) in [6.07, 6.45) is 1.98. The Morgan fingerprint density at radius 1 is 1.32 bits per heavy atom. The fourth-order valence-electron chi connectivity index (χ4n) is 2.14. The average molecular weight is 262 g/mol. The number of rotatable bonds is 2. The molecule has 2 aliphatic heterocycles. The second kappa shape index (κ2) is 6.83. The van der Waals surface area contributed by atoms with Crippen molar-refractivity contribution in [2.45, 2.75) is 18.9 Å². The molecule has 0 bridgehead atoms. The van der Waals surface area contributed by atoms with Gasteiger partial charge in [0.05, 0.1) is 6.61 Å². The molecule has 2 heterocycles. The lowest BCUT2D eigenvalue weighted by molar-refractivity contribution is -0.518. The monoisotopic (exact) mass is 262 g/mol. The number of hydrogen-bond donors (Lipinski definition) is 1. The molecule has 0 radical (unpaired) electrons. The minimum atomic E-state index is -0.291. The third kappa shape index (κ3) is 3.50. The maximum absolute atomic E-state index is 8.66. The summed E-state index contributed by atoms with van der Waals surface area (Å²) in [5.74, 6) is 0.590. The molecule has 0 spiro atoms. The van der Waals surface area contributed by atoms with Crippen LogP contribution >= 0.6 is 0 Å². The van der Waals surface area contributed by atoms with Crippen molar-refractivity contribution in [2.75, 3.05) is 32.8 Å². The van der Waals surface area contributed by atoms with Gasteiger partial charge in [0.2, 0.25) is 0 Å². The number of ether oxygens (including phenoxy) is 1. The van der Waals surface area contributed by atoms with Crippen LogP contribution < -0.4 is 5.32 Å². The van der Waals surface area contributed by atoms with Crippen molar-refractivity contribution in [2.24, 2.45) is 5.16 Å². The van der Waals surface area contributed by atoms with Gasteiger partial charge >= 0.3 is 5.90 Å². The highest BCUT2D eigenvalue weighted by Crippen LogP contribution is 2.08. The predicted molar refractivity (Wildman–Crippen MR) is 66.6 cm³/mol. The lowest BCUT2D eigenvalue weighted by atomic mass is 10.3. The van der Waals surface area contributed by atoms with Gasteiger partial charge in [-0.2, -0.15) is 15.1 Å². The van der Waals surface area contributed by atoms with E-state index in [0.717, 1.165) is 32.5 Å². The van der Waals surface area contributed by atoms with E-state index in [1.165, 1.54) is 0 Å². The molecule has 0 aromatic carbocycles. The van der Waals surface area contributed by atoms with E-state index in [0.29, 0.717) is 19.0 Å². The quantitative estimate of drug-likeness (QED) is 0.316. The van der Waals surface area contributed by atoms with Crippen LogP contribution in [0.25, 0.3) is 0 Å². The minimum absolute atomic E-state index is 0.214. The summed E-state index contributed by atoms with van der Waals surface area (Å²) in [5, 5.41) is 24.1. The van der Waals surface area contributed by atoms with Crippen molar-refractivity contribution in [3.05, 3.63) is 0 Å². The third-order valence-corrected chi connectivity index (χ3v) is 3.06. The molecule has 7 nitrogen and oxygen atoms in total. The van der Waals surface area contributed by atoms with Crippen LogP contribution in [0.4, 0.5) is 0 Å². The lowest BCUT2D eigenvalue weighted by Crippen LogP contribution is -2.46. The number of nitriles is 2. The Balaban J connectivity index is 2.16. The Morgan fingerprint density at radius 3 is 2.63 bits per heavy atom. The van der Waals surface area contributed by atoms with Gasteiger partial charge in [0.25, 0.3) is 5.71 Å². The molecule has 2 aliphatic rings. The maximum Gasteiger partial charge on any atom is 0.394 e. The van der Waals surface area contributed by atoms with Crippen LogP contribution in [-0.2, 0) is 9.57 Å². The van der Waals surface area contributed by atoms with Gasteiger partial charge in [-0.3, -0.25) is 4.84 Å². The lowest BCUT2D eigenvalue weighted by Gasteiger charge is -2.21. The van der Waals surface area contributed by atoms with Crippen molar-refractivity contribution >= 4 is 11.6 Å². The van der Waals surface area contributed by atoms with Crippen LogP contribution in [0.2, 0.25) is 0 Å². The normalized spacial score (nSPS) is 22.2. The first-order valence-corrected chi connectivity index (χ1v) is 6.34. The van der Waals surface area contributed by atoms with Gasteiger partial charge in [-0.25, -0.2) is 0 Å². The Hall–Kier alpha value is -1.96. The Kier molecular flexibility index (Phi) is 4.85. The Morgan fingerprint density at radius 2 is 2.05 bits per heavy atom. The van der Waals surface area contributed by atoms with Gasteiger partial charge in [-0.1, -0.05) is 5.16 Å². The molecule has 0 aromatic rings. The molecule has 0 aliphatic carbocycles. The van der Waals surface area contributed by atoms with Crippen LogP contribution in [0, 0.1) is 22.7 Å². The zero-order valence-electron chi connectivity index (χ0n) is 10.6. The fraction of sp³-hybridized carbons (Fsp3) is 0.667. The zero-order valence-corrected chi connectivity index (χ0v) is 10.6. The fourth-order valence-corrected chi connectivity index (χ4v) is 2.14. The topological polar surface area (TPSA) is 93.4 Å². The Bertz CT molecular complexity index is 441. The number of hydrogen-bond acceptors (Lipinski definition) is 6. The molecule has 19 heavy (non-hydrogen) atoms. The van der Waals surface area contributed by atoms with Crippen LogP contribution in [0.3, 0.4) is 0 Å². The van der Waals surface area contributed by atoms with E-state index < -0.39 is 0 Å². The van der Waals surface area contributed by atoms with Crippen LogP contribution in [0.1, 0.15) is 12.8 Å².